The number of ether oxygens (including phenoxy) is 1. The van der Waals surface area contributed by atoms with Crippen LogP contribution in [0.2, 0.25) is 0 Å². The van der Waals surface area contributed by atoms with Gasteiger partial charge in [0.25, 0.3) is 0 Å². The molecule has 0 saturated heterocycles. The van der Waals surface area contributed by atoms with Gasteiger partial charge in [-0.05, 0) is 13.0 Å². The number of rotatable bonds is 3. The number of esters is 1. The van der Waals surface area contributed by atoms with Crippen molar-refractivity contribution >= 4 is 11.9 Å². The molecule has 0 atom stereocenters. The molecule has 1 N–H and O–H groups in total. The molecule has 0 heterocycles. The zero-order valence-electron chi connectivity index (χ0n) is 6.96. The van der Waals surface area contributed by atoms with E-state index in [1.807, 2.05) is 0 Å². The Bertz CT molecular complexity index is 250. The van der Waals surface area contributed by atoms with Crippen LogP contribution < -0.4 is 0 Å². The molecule has 0 fully saturated rings. The number of carbonyl (C=O) groups is 2. The Hall–Kier alpha value is -1.58. The van der Waals surface area contributed by atoms with Crippen molar-refractivity contribution < 1.29 is 19.4 Å². The van der Waals surface area contributed by atoms with E-state index in [9.17, 15) is 9.59 Å². The summed E-state index contributed by atoms with van der Waals surface area (Å²) < 4.78 is 4.35. The smallest absolute Gasteiger partial charge is 0.335 e. The summed E-state index contributed by atoms with van der Waals surface area (Å²) in [6, 6.07) is 0. The molecule has 0 rings (SSSR count). The first kappa shape index (κ1) is 10.4. The minimum Gasteiger partial charge on any atom is -0.478 e. The molecule has 0 aliphatic carbocycles. The highest BCUT2D eigenvalue weighted by Crippen LogP contribution is 2.01. The van der Waals surface area contributed by atoms with Crippen LogP contribution >= 0.6 is 0 Å². The third-order valence-electron chi connectivity index (χ3n) is 1.17. The van der Waals surface area contributed by atoms with Gasteiger partial charge in [-0.15, -0.1) is 0 Å². The van der Waals surface area contributed by atoms with Gasteiger partial charge in [-0.3, -0.25) is 0 Å². The summed E-state index contributed by atoms with van der Waals surface area (Å²) >= 11 is 0. The second-order valence-electron chi connectivity index (χ2n) is 2.15. The van der Waals surface area contributed by atoms with Crippen molar-refractivity contribution in [2.75, 3.05) is 7.11 Å². The highest BCUT2D eigenvalue weighted by molar-refractivity contribution is 5.94. The van der Waals surface area contributed by atoms with Crippen molar-refractivity contribution in [3.8, 4) is 0 Å². The zero-order valence-corrected chi connectivity index (χ0v) is 6.96. The van der Waals surface area contributed by atoms with Crippen LogP contribution in [0.25, 0.3) is 0 Å². The molecule has 0 aromatic carbocycles. The van der Waals surface area contributed by atoms with Gasteiger partial charge in [0.1, 0.15) is 0 Å². The molecule has 0 aromatic rings. The maximum atomic E-state index is 10.7. The van der Waals surface area contributed by atoms with Gasteiger partial charge in [0.15, 0.2) is 0 Å². The Morgan fingerprint density at radius 1 is 1.50 bits per heavy atom. The summed E-state index contributed by atoms with van der Waals surface area (Å²) in [5.41, 5.74) is 0.0720. The van der Waals surface area contributed by atoms with E-state index in [0.717, 1.165) is 6.08 Å². The van der Waals surface area contributed by atoms with E-state index in [0.29, 0.717) is 0 Å². The zero-order chi connectivity index (χ0) is 9.72. The highest BCUT2D eigenvalue weighted by Gasteiger charge is 2.06. The number of carboxylic acid groups (broad SMARTS) is 1. The number of hydrogen-bond donors (Lipinski definition) is 1. The molecule has 4 heteroatoms. The van der Waals surface area contributed by atoms with E-state index in [2.05, 4.69) is 11.3 Å². The molecule has 0 unspecified atom stereocenters. The Morgan fingerprint density at radius 3 is 2.33 bits per heavy atom. The van der Waals surface area contributed by atoms with Crippen molar-refractivity contribution in [2.24, 2.45) is 0 Å². The van der Waals surface area contributed by atoms with E-state index in [-0.39, 0.29) is 11.1 Å². The van der Waals surface area contributed by atoms with Gasteiger partial charge < -0.3 is 9.84 Å². The molecule has 0 radical (unpaired) electrons. The average molecular weight is 170 g/mol. The van der Waals surface area contributed by atoms with Crippen LogP contribution in [0.4, 0.5) is 0 Å². The Morgan fingerprint density at radius 2 is 2.00 bits per heavy atom. The van der Waals surface area contributed by atoms with Crippen molar-refractivity contribution in [2.45, 2.75) is 6.92 Å². The van der Waals surface area contributed by atoms with E-state index in [1.165, 1.54) is 14.0 Å². The summed E-state index contributed by atoms with van der Waals surface area (Å²) in [4.78, 5) is 21.0. The van der Waals surface area contributed by atoms with Gasteiger partial charge in [-0.25, -0.2) is 9.59 Å². The summed E-state index contributed by atoms with van der Waals surface area (Å²) in [6.45, 7) is 4.69. The Balaban J connectivity index is 4.46. The normalized spacial score (nSPS) is 10.7. The predicted molar refractivity (Wildman–Crippen MR) is 42.5 cm³/mol. The van der Waals surface area contributed by atoms with E-state index >= 15 is 0 Å². The molecule has 0 bridgehead atoms. The fraction of sp³-hybridized carbons (Fsp3) is 0.250. The van der Waals surface area contributed by atoms with Crippen LogP contribution in [0.5, 0.6) is 0 Å². The van der Waals surface area contributed by atoms with Crippen LogP contribution in [-0.4, -0.2) is 24.2 Å². The topological polar surface area (TPSA) is 63.6 Å². The Labute approximate surface area is 70.1 Å². The lowest BCUT2D eigenvalue weighted by Gasteiger charge is -1.97. The summed E-state index contributed by atoms with van der Waals surface area (Å²) in [5, 5.41) is 8.39. The maximum absolute atomic E-state index is 10.7. The molecule has 4 nitrogen and oxygen atoms in total. The van der Waals surface area contributed by atoms with E-state index < -0.39 is 11.9 Å². The molecule has 0 aromatic heterocycles. The second kappa shape index (κ2) is 4.33. The summed E-state index contributed by atoms with van der Waals surface area (Å²) in [6.07, 6.45) is 1.16. The van der Waals surface area contributed by atoms with Crippen molar-refractivity contribution in [3.63, 3.8) is 0 Å². The van der Waals surface area contributed by atoms with Gasteiger partial charge in [0.05, 0.1) is 12.7 Å². The molecule has 12 heavy (non-hydrogen) atoms. The third kappa shape index (κ3) is 3.01. The molecule has 66 valence electrons. The molecule has 0 spiro atoms. The van der Waals surface area contributed by atoms with Gasteiger partial charge in [-0.2, -0.15) is 0 Å². The fourth-order valence-electron chi connectivity index (χ4n) is 0.543. The third-order valence-corrected chi connectivity index (χ3v) is 1.17. The number of methoxy groups -OCH3 is 1. The van der Waals surface area contributed by atoms with Gasteiger partial charge >= 0.3 is 11.9 Å². The largest absolute Gasteiger partial charge is 0.478 e. The van der Waals surface area contributed by atoms with E-state index in [4.69, 9.17) is 5.11 Å². The minimum atomic E-state index is -1.15. The van der Waals surface area contributed by atoms with Crippen LogP contribution in [0, 0.1) is 0 Å². The van der Waals surface area contributed by atoms with Crippen LogP contribution in [0.3, 0.4) is 0 Å². The number of carbonyl (C=O) groups excluding carboxylic acids is 1. The highest BCUT2D eigenvalue weighted by atomic mass is 16.5. The average Bonchev–Trinajstić information content (AvgIpc) is 2.02. The van der Waals surface area contributed by atoms with Crippen molar-refractivity contribution in [1.29, 1.82) is 0 Å². The molecule has 0 saturated carbocycles. The SMILES string of the molecule is C=C(/C=C(\C)C(=O)OC)C(=O)O. The second-order valence-corrected chi connectivity index (χ2v) is 2.15. The first-order valence-corrected chi connectivity index (χ1v) is 3.18. The number of hydrogen-bond acceptors (Lipinski definition) is 3. The summed E-state index contributed by atoms with van der Waals surface area (Å²) in [5.74, 6) is -1.71. The standard InChI is InChI=1S/C8H10O4/c1-5(7(9)10)4-6(2)8(11)12-3/h4H,1H2,2-3H3,(H,9,10)/b6-4+. The van der Waals surface area contributed by atoms with Gasteiger partial charge in [0, 0.05) is 5.57 Å². The van der Waals surface area contributed by atoms with Crippen LogP contribution in [0.1, 0.15) is 6.92 Å². The lowest BCUT2D eigenvalue weighted by atomic mass is 10.2. The Kier molecular flexibility index (Phi) is 3.76. The fourth-order valence-corrected chi connectivity index (χ4v) is 0.543. The minimum absolute atomic E-state index is 0.141. The number of aliphatic carboxylic acids is 1. The van der Waals surface area contributed by atoms with Crippen LogP contribution in [0.15, 0.2) is 23.8 Å². The van der Waals surface area contributed by atoms with Crippen LogP contribution in [-0.2, 0) is 14.3 Å². The van der Waals surface area contributed by atoms with Crippen molar-refractivity contribution in [3.05, 3.63) is 23.8 Å². The molecule has 0 aliphatic heterocycles. The first-order valence-electron chi connectivity index (χ1n) is 3.18. The lowest BCUT2D eigenvalue weighted by Crippen LogP contribution is -2.04. The number of carboxylic acids is 1. The quantitative estimate of drug-likeness (QED) is 0.385. The monoisotopic (exact) mass is 170 g/mol. The molecular formula is C8H10O4. The van der Waals surface area contributed by atoms with E-state index in [1.54, 1.807) is 0 Å². The lowest BCUT2D eigenvalue weighted by molar-refractivity contribution is -0.136. The van der Waals surface area contributed by atoms with Gasteiger partial charge in [-0.1, -0.05) is 6.58 Å². The first-order chi connectivity index (χ1) is 5.49. The molecule has 0 amide bonds. The molecule has 0 aliphatic rings. The van der Waals surface area contributed by atoms with Crippen molar-refractivity contribution in [1.82, 2.24) is 0 Å². The maximum Gasteiger partial charge on any atom is 0.335 e. The predicted octanol–water partition coefficient (Wildman–Crippen LogP) is 0.746. The summed E-state index contributed by atoms with van der Waals surface area (Å²) in [7, 11) is 1.23. The molecular weight excluding hydrogens is 160 g/mol. The van der Waals surface area contributed by atoms with Gasteiger partial charge in [0.2, 0.25) is 0 Å².